The average molecular weight is 293 g/mol. The fourth-order valence-corrected chi connectivity index (χ4v) is 3.96. The molecule has 1 unspecified atom stereocenters. The Morgan fingerprint density at radius 3 is 2.68 bits per heavy atom. The Morgan fingerprint density at radius 1 is 1.14 bits per heavy atom. The summed E-state index contributed by atoms with van der Waals surface area (Å²) >= 11 is 0. The highest BCUT2D eigenvalue weighted by molar-refractivity contribution is 6.00. The van der Waals surface area contributed by atoms with Crippen LogP contribution in [0.2, 0.25) is 0 Å². The van der Waals surface area contributed by atoms with Crippen molar-refractivity contribution in [2.24, 2.45) is 5.41 Å². The van der Waals surface area contributed by atoms with E-state index in [0.29, 0.717) is 12.3 Å². The quantitative estimate of drug-likeness (QED) is 0.803. The van der Waals surface area contributed by atoms with Gasteiger partial charge in [0, 0.05) is 17.5 Å². The summed E-state index contributed by atoms with van der Waals surface area (Å²) in [5.74, 6) is 1.40. The number of pyridine rings is 1. The number of fused-ring (bicyclic) bond motifs is 1. The summed E-state index contributed by atoms with van der Waals surface area (Å²) in [6, 6.07) is 13.8. The summed E-state index contributed by atoms with van der Waals surface area (Å²) < 4.78 is 5.78. The molecular weight excluding hydrogens is 274 g/mol. The van der Waals surface area contributed by atoms with Crippen molar-refractivity contribution in [3.05, 3.63) is 59.9 Å². The van der Waals surface area contributed by atoms with Crippen LogP contribution in [0.15, 0.2) is 48.7 Å². The number of para-hydroxylation sites is 1. The van der Waals surface area contributed by atoms with Gasteiger partial charge in [-0.3, -0.25) is 9.78 Å². The van der Waals surface area contributed by atoms with Gasteiger partial charge in [-0.15, -0.1) is 0 Å². The van der Waals surface area contributed by atoms with Crippen LogP contribution >= 0.6 is 0 Å². The monoisotopic (exact) mass is 293 g/mol. The minimum Gasteiger partial charge on any atom is -0.493 e. The molecule has 112 valence electrons. The molecule has 0 N–H and O–H groups in total. The van der Waals surface area contributed by atoms with E-state index < -0.39 is 0 Å². The van der Waals surface area contributed by atoms with Gasteiger partial charge in [0.05, 0.1) is 6.61 Å². The molecule has 4 rings (SSSR count). The Kier molecular flexibility index (Phi) is 3.21. The molecule has 2 aromatic rings. The van der Waals surface area contributed by atoms with Gasteiger partial charge in [0.2, 0.25) is 0 Å². The number of hydrogen-bond acceptors (Lipinski definition) is 3. The Hall–Kier alpha value is -2.16. The van der Waals surface area contributed by atoms with Gasteiger partial charge in [-0.25, -0.2) is 0 Å². The summed E-state index contributed by atoms with van der Waals surface area (Å²) in [4.78, 5) is 17.5. The lowest BCUT2D eigenvalue weighted by molar-refractivity contribution is 0.0429. The molecule has 22 heavy (non-hydrogen) atoms. The van der Waals surface area contributed by atoms with Crippen LogP contribution in [-0.2, 0) is 0 Å². The zero-order valence-corrected chi connectivity index (χ0v) is 12.5. The maximum atomic E-state index is 13.2. The maximum Gasteiger partial charge on any atom is 0.187 e. The van der Waals surface area contributed by atoms with Gasteiger partial charge >= 0.3 is 0 Å². The van der Waals surface area contributed by atoms with Crippen LogP contribution in [0.25, 0.3) is 0 Å². The predicted molar refractivity (Wildman–Crippen MR) is 84.1 cm³/mol. The first-order valence-electron chi connectivity index (χ1n) is 7.99. The lowest BCUT2D eigenvalue weighted by atomic mass is 9.55. The molecule has 2 aliphatic rings. The van der Waals surface area contributed by atoms with Crippen molar-refractivity contribution in [2.45, 2.75) is 31.6 Å². The normalized spacial score (nSPS) is 22.1. The molecule has 2 heterocycles. The summed E-state index contributed by atoms with van der Waals surface area (Å²) in [5.41, 5.74) is 1.51. The van der Waals surface area contributed by atoms with Gasteiger partial charge in [-0.05, 0) is 43.0 Å². The van der Waals surface area contributed by atoms with Crippen molar-refractivity contribution in [3.8, 4) is 5.75 Å². The van der Waals surface area contributed by atoms with Crippen molar-refractivity contribution < 1.29 is 9.53 Å². The van der Waals surface area contributed by atoms with Gasteiger partial charge < -0.3 is 4.74 Å². The molecule has 3 heteroatoms. The minimum absolute atomic E-state index is 0.209. The van der Waals surface area contributed by atoms with Crippen LogP contribution in [0.4, 0.5) is 0 Å². The summed E-state index contributed by atoms with van der Waals surface area (Å²) in [6.45, 7) is 0.693. The van der Waals surface area contributed by atoms with Crippen LogP contribution in [0.3, 0.4) is 0 Å². The van der Waals surface area contributed by atoms with E-state index in [2.05, 4.69) is 11.1 Å². The van der Waals surface area contributed by atoms with E-state index >= 15 is 0 Å². The van der Waals surface area contributed by atoms with E-state index in [0.717, 1.165) is 31.4 Å². The second kappa shape index (κ2) is 5.24. The van der Waals surface area contributed by atoms with Crippen molar-refractivity contribution >= 4 is 5.78 Å². The number of carbonyl (C=O) groups is 1. The predicted octanol–water partition coefficient (Wildman–Crippen LogP) is 4.00. The molecule has 1 saturated carbocycles. The van der Waals surface area contributed by atoms with Crippen LogP contribution in [0, 0.1) is 5.41 Å². The van der Waals surface area contributed by atoms with Crippen LogP contribution in [-0.4, -0.2) is 17.4 Å². The molecule has 0 bridgehead atoms. The third-order valence-electron chi connectivity index (χ3n) is 5.22. The number of benzene rings is 1. The maximum absolute atomic E-state index is 13.2. The number of Topliss-reactive ketones (excluding diaryl/α,β-unsaturated/α-hetero) is 1. The van der Waals surface area contributed by atoms with Crippen molar-refractivity contribution in [3.63, 3.8) is 0 Å². The van der Waals surface area contributed by atoms with E-state index in [-0.39, 0.29) is 17.1 Å². The van der Waals surface area contributed by atoms with Gasteiger partial charge in [-0.1, -0.05) is 30.7 Å². The molecule has 1 aromatic heterocycles. The van der Waals surface area contributed by atoms with Gasteiger partial charge in [0.25, 0.3) is 0 Å². The number of nitrogens with zero attached hydrogens (tertiary/aromatic N) is 1. The molecular formula is C19H19NO2. The first-order valence-corrected chi connectivity index (χ1v) is 7.99. The van der Waals surface area contributed by atoms with Crippen molar-refractivity contribution in [2.75, 3.05) is 6.61 Å². The van der Waals surface area contributed by atoms with Gasteiger partial charge in [0.15, 0.2) is 5.78 Å². The topological polar surface area (TPSA) is 39.2 Å². The Labute approximate surface area is 130 Å². The van der Waals surface area contributed by atoms with Gasteiger partial charge in [-0.2, -0.15) is 0 Å². The zero-order chi connectivity index (χ0) is 15.0. The van der Waals surface area contributed by atoms with Crippen LogP contribution in [0.5, 0.6) is 5.75 Å². The largest absolute Gasteiger partial charge is 0.493 e. The molecule has 1 aliphatic heterocycles. The SMILES string of the molecule is O=C(c1ccccn1)C1(C2CCOc3ccccc32)CCC1. The third-order valence-corrected chi connectivity index (χ3v) is 5.22. The molecule has 0 amide bonds. The molecule has 3 nitrogen and oxygen atoms in total. The Balaban J connectivity index is 1.75. The summed E-state index contributed by atoms with van der Waals surface area (Å²) in [5, 5.41) is 0. The van der Waals surface area contributed by atoms with E-state index in [4.69, 9.17) is 4.74 Å². The summed E-state index contributed by atoms with van der Waals surface area (Å²) in [6.07, 6.45) is 5.66. The number of ether oxygens (including phenoxy) is 1. The van der Waals surface area contributed by atoms with E-state index in [1.165, 1.54) is 5.56 Å². The minimum atomic E-state index is -0.283. The van der Waals surface area contributed by atoms with Gasteiger partial charge in [0.1, 0.15) is 11.4 Å². The van der Waals surface area contributed by atoms with Crippen molar-refractivity contribution in [1.29, 1.82) is 0 Å². The molecule has 1 fully saturated rings. The van der Waals surface area contributed by atoms with Crippen LogP contribution in [0.1, 0.15) is 47.7 Å². The lowest BCUT2D eigenvalue weighted by Gasteiger charge is -2.48. The highest BCUT2D eigenvalue weighted by Gasteiger charge is 2.52. The molecule has 1 aliphatic carbocycles. The number of ketones is 1. The number of carbonyl (C=O) groups excluding carboxylic acids is 1. The lowest BCUT2D eigenvalue weighted by Crippen LogP contribution is -2.45. The van der Waals surface area contributed by atoms with Crippen LogP contribution < -0.4 is 4.74 Å². The third kappa shape index (κ3) is 1.96. The molecule has 1 aromatic carbocycles. The highest BCUT2D eigenvalue weighted by Crippen LogP contribution is 2.57. The number of hydrogen-bond donors (Lipinski definition) is 0. The molecule has 0 radical (unpaired) electrons. The second-order valence-electron chi connectivity index (χ2n) is 6.28. The number of rotatable bonds is 3. The fourth-order valence-electron chi connectivity index (χ4n) is 3.96. The summed E-state index contributed by atoms with van der Waals surface area (Å²) in [7, 11) is 0. The van der Waals surface area contributed by atoms with E-state index in [1.807, 2.05) is 36.4 Å². The Morgan fingerprint density at radius 2 is 1.95 bits per heavy atom. The zero-order valence-electron chi connectivity index (χ0n) is 12.5. The molecule has 1 atom stereocenters. The second-order valence-corrected chi connectivity index (χ2v) is 6.28. The first-order chi connectivity index (χ1) is 10.8. The first kappa shape index (κ1) is 13.5. The van der Waals surface area contributed by atoms with Crippen molar-refractivity contribution in [1.82, 2.24) is 4.98 Å². The standard InChI is InChI=1S/C19H19NO2/c21-18(16-7-3-4-12-20-16)19(10-5-11-19)15-9-13-22-17-8-2-1-6-14(15)17/h1-4,6-8,12,15H,5,9-11,13H2. The number of aromatic nitrogens is 1. The van der Waals surface area contributed by atoms with E-state index in [9.17, 15) is 4.79 Å². The average Bonchev–Trinajstić information content (AvgIpc) is 2.55. The smallest absolute Gasteiger partial charge is 0.187 e. The van der Waals surface area contributed by atoms with E-state index in [1.54, 1.807) is 6.20 Å². The highest BCUT2D eigenvalue weighted by atomic mass is 16.5. The Bertz CT molecular complexity index is 692. The molecule has 0 spiro atoms. The molecule has 0 saturated heterocycles. The fraction of sp³-hybridized carbons (Fsp3) is 0.368.